The van der Waals surface area contributed by atoms with Crippen molar-refractivity contribution in [3.05, 3.63) is 128 Å². The molecule has 2 heterocycles. The minimum atomic E-state index is 0.894. The second kappa shape index (κ2) is 11.1. The average molecular weight is 628 g/mol. The van der Waals surface area contributed by atoms with Crippen LogP contribution in [0.3, 0.4) is 0 Å². The van der Waals surface area contributed by atoms with Gasteiger partial charge in [0.05, 0.1) is 11.4 Å². The lowest BCUT2D eigenvalue weighted by molar-refractivity contribution is 0.964. The van der Waals surface area contributed by atoms with Crippen molar-refractivity contribution in [2.45, 2.75) is 27.7 Å². The van der Waals surface area contributed by atoms with E-state index in [0.29, 0.717) is 0 Å². The molecule has 0 bridgehead atoms. The Labute approximate surface area is 240 Å². The van der Waals surface area contributed by atoms with Crippen molar-refractivity contribution in [3.8, 4) is 11.4 Å². The number of rotatable bonds is 6. The summed E-state index contributed by atoms with van der Waals surface area (Å²) in [5.74, 6) is 0. The Morgan fingerprint density at radius 2 is 0.868 bits per heavy atom. The van der Waals surface area contributed by atoms with E-state index in [1.165, 1.54) is 11.4 Å². The summed E-state index contributed by atoms with van der Waals surface area (Å²) in [6.45, 7) is 8.49. The second-order valence-corrected chi connectivity index (χ2v) is 11.1. The molecule has 3 aromatic carbocycles. The van der Waals surface area contributed by atoms with Crippen LogP contribution in [0.5, 0.6) is 0 Å². The molecule has 190 valence electrons. The van der Waals surface area contributed by atoms with E-state index in [-0.39, 0.29) is 0 Å². The van der Waals surface area contributed by atoms with Gasteiger partial charge in [-0.2, -0.15) is 0 Å². The lowest BCUT2D eigenvalue weighted by atomic mass is 10.2. The molecule has 2 aromatic heterocycles. The molecule has 4 nitrogen and oxygen atoms in total. The smallest absolute Gasteiger partial charge is 0.0631 e. The van der Waals surface area contributed by atoms with E-state index in [4.69, 9.17) is 9.98 Å². The van der Waals surface area contributed by atoms with Crippen LogP contribution >= 0.6 is 31.9 Å². The highest BCUT2D eigenvalue weighted by molar-refractivity contribution is 9.10. The van der Waals surface area contributed by atoms with E-state index >= 15 is 0 Å². The first-order valence-corrected chi connectivity index (χ1v) is 14.0. The first-order valence-electron chi connectivity index (χ1n) is 12.4. The predicted octanol–water partition coefficient (Wildman–Crippen LogP) is 9.53. The van der Waals surface area contributed by atoms with Crippen LogP contribution in [0, 0.1) is 27.7 Å². The largest absolute Gasteiger partial charge is 0.318 e. The highest BCUT2D eigenvalue weighted by atomic mass is 79.9. The van der Waals surface area contributed by atoms with Crippen LogP contribution in [0.1, 0.15) is 33.9 Å². The van der Waals surface area contributed by atoms with Crippen LogP contribution in [-0.2, 0) is 0 Å². The van der Waals surface area contributed by atoms with Crippen molar-refractivity contribution in [1.82, 2.24) is 9.13 Å². The van der Waals surface area contributed by atoms with Gasteiger partial charge in [-0.3, -0.25) is 9.98 Å². The molecular formula is C32H28Br2N4. The van der Waals surface area contributed by atoms with E-state index in [1.807, 2.05) is 36.7 Å². The zero-order chi connectivity index (χ0) is 26.8. The first-order chi connectivity index (χ1) is 18.3. The van der Waals surface area contributed by atoms with Crippen molar-refractivity contribution in [2.24, 2.45) is 9.98 Å². The number of hydrogen-bond acceptors (Lipinski definition) is 2. The third kappa shape index (κ3) is 5.52. The van der Waals surface area contributed by atoms with Crippen LogP contribution < -0.4 is 0 Å². The van der Waals surface area contributed by atoms with Gasteiger partial charge >= 0.3 is 0 Å². The van der Waals surface area contributed by atoms with Crippen molar-refractivity contribution in [1.29, 1.82) is 0 Å². The van der Waals surface area contributed by atoms with Gasteiger partial charge in [-0.15, -0.1) is 0 Å². The molecule has 5 aromatic rings. The van der Waals surface area contributed by atoms with Crippen molar-refractivity contribution in [3.63, 3.8) is 0 Å². The highest BCUT2D eigenvalue weighted by Gasteiger charge is 2.10. The van der Waals surface area contributed by atoms with Crippen molar-refractivity contribution in [2.75, 3.05) is 0 Å². The van der Waals surface area contributed by atoms with E-state index in [2.05, 4.69) is 129 Å². The molecule has 0 unspecified atom stereocenters. The molecule has 0 aliphatic carbocycles. The van der Waals surface area contributed by atoms with Gasteiger partial charge in [0.15, 0.2) is 0 Å². The maximum atomic E-state index is 4.72. The summed E-state index contributed by atoms with van der Waals surface area (Å²) in [7, 11) is 0. The molecule has 0 aliphatic heterocycles. The van der Waals surface area contributed by atoms with Gasteiger partial charge in [0.1, 0.15) is 0 Å². The number of benzene rings is 3. The average Bonchev–Trinajstić information content (AvgIpc) is 3.36. The minimum Gasteiger partial charge on any atom is -0.318 e. The molecule has 0 atom stereocenters. The van der Waals surface area contributed by atoms with Gasteiger partial charge in [-0.1, -0.05) is 31.9 Å². The molecule has 0 amide bonds. The summed E-state index contributed by atoms with van der Waals surface area (Å²) in [4.78, 5) is 9.45. The third-order valence-electron chi connectivity index (χ3n) is 6.67. The molecule has 0 spiro atoms. The van der Waals surface area contributed by atoms with Crippen LogP contribution in [0.25, 0.3) is 11.4 Å². The van der Waals surface area contributed by atoms with Gasteiger partial charge in [0.25, 0.3) is 0 Å². The molecular weight excluding hydrogens is 600 g/mol. The molecule has 0 saturated heterocycles. The highest BCUT2D eigenvalue weighted by Crippen LogP contribution is 2.25. The molecule has 0 N–H and O–H groups in total. The second-order valence-electron chi connectivity index (χ2n) is 9.31. The van der Waals surface area contributed by atoms with Gasteiger partial charge in [-0.05, 0) is 113 Å². The van der Waals surface area contributed by atoms with E-state index in [0.717, 1.165) is 54.2 Å². The van der Waals surface area contributed by atoms with Gasteiger partial charge in [-0.25, -0.2) is 0 Å². The zero-order valence-corrected chi connectivity index (χ0v) is 25.0. The number of aryl methyl sites for hydroxylation is 2. The quantitative estimate of drug-likeness (QED) is 0.168. The standard InChI is InChI=1S/C32H28Br2N4/c1-21-17-25(23(3)37(21)31-13-5-27(33)6-14-31)19-35-29-9-11-30(12-10-29)36-20-26-18-22(2)38(24(26)4)32-15-7-28(34)8-16-32/h5-20H,1-4H3. The summed E-state index contributed by atoms with van der Waals surface area (Å²) >= 11 is 7.03. The Hall–Kier alpha value is -3.48. The minimum absolute atomic E-state index is 0.894. The summed E-state index contributed by atoms with van der Waals surface area (Å²) in [6, 6.07) is 29.1. The summed E-state index contributed by atoms with van der Waals surface area (Å²) in [5.41, 5.74) is 11.0. The lowest BCUT2D eigenvalue weighted by Crippen LogP contribution is -1.99. The number of aliphatic imine (C=N–C) groups is 2. The predicted molar refractivity (Wildman–Crippen MR) is 167 cm³/mol. The third-order valence-corrected chi connectivity index (χ3v) is 7.72. The molecule has 0 radical (unpaired) electrons. The number of nitrogens with zero attached hydrogens (tertiary/aromatic N) is 4. The van der Waals surface area contributed by atoms with Crippen LogP contribution in [0.4, 0.5) is 11.4 Å². The molecule has 0 aliphatic rings. The fraction of sp³-hybridized carbons (Fsp3) is 0.125. The SMILES string of the molecule is Cc1cc(C=Nc2ccc(N=Cc3cc(C)n(-c4ccc(Br)cc4)c3C)cc2)c(C)n1-c1ccc(Br)cc1. The lowest BCUT2D eigenvalue weighted by Gasteiger charge is -2.09. The van der Waals surface area contributed by atoms with E-state index < -0.39 is 0 Å². The van der Waals surface area contributed by atoms with Crippen molar-refractivity contribution >= 4 is 55.7 Å². The Kier molecular flexibility index (Phi) is 7.63. The van der Waals surface area contributed by atoms with Crippen LogP contribution in [-0.4, -0.2) is 21.6 Å². The Morgan fingerprint density at radius 1 is 0.526 bits per heavy atom. The summed E-state index contributed by atoms with van der Waals surface area (Å²) < 4.78 is 6.64. The maximum absolute atomic E-state index is 4.72. The van der Waals surface area contributed by atoms with Crippen LogP contribution in [0.15, 0.2) is 104 Å². The topological polar surface area (TPSA) is 34.6 Å². The Balaban J connectivity index is 1.31. The molecule has 0 fully saturated rings. The molecule has 6 heteroatoms. The summed E-state index contributed by atoms with van der Waals surface area (Å²) in [5, 5.41) is 0. The number of aromatic nitrogens is 2. The molecule has 5 rings (SSSR count). The number of hydrogen-bond donors (Lipinski definition) is 0. The van der Waals surface area contributed by atoms with Gasteiger partial charge < -0.3 is 9.13 Å². The normalized spacial score (nSPS) is 11.7. The zero-order valence-electron chi connectivity index (χ0n) is 21.8. The molecule has 0 saturated carbocycles. The Bertz CT molecular complexity index is 1510. The summed E-state index contributed by atoms with van der Waals surface area (Å²) in [6.07, 6.45) is 3.87. The van der Waals surface area contributed by atoms with Crippen LogP contribution in [0.2, 0.25) is 0 Å². The van der Waals surface area contributed by atoms with Crippen molar-refractivity contribution < 1.29 is 0 Å². The Morgan fingerprint density at radius 3 is 1.21 bits per heavy atom. The monoisotopic (exact) mass is 626 g/mol. The van der Waals surface area contributed by atoms with Gasteiger partial charge in [0.2, 0.25) is 0 Å². The van der Waals surface area contributed by atoms with Gasteiger partial charge in [0, 0.05) is 66.7 Å². The van der Waals surface area contributed by atoms with E-state index in [1.54, 1.807) is 0 Å². The fourth-order valence-corrected chi connectivity index (χ4v) is 5.25. The maximum Gasteiger partial charge on any atom is 0.0631 e. The first kappa shape index (κ1) is 26.1. The fourth-order valence-electron chi connectivity index (χ4n) is 4.72. The van der Waals surface area contributed by atoms with E-state index in [9.17, 15) is 0 Å². The molecule has 38 heavy (non-hydrogen) atoms. The number of halogens is 2.